The molecule has 16 heavy (non-hydrogen) atoms. The van der Waals surface area contributed by atoms with Gasteiger partial charge in [0.15, 0.2) is 0 Å². The van der Waals surface area contributed by atoms with E-state index in [2.05, 4.69) is 32.5 Å². The molecule has 0 saturated heterocycles. The van der Waals surface area contributed by atoms with Gasteiger partial charge in [-0.25, -0.2) is 9.67 Å². The molecule has 0 aliphatic carbocycles. The van der Waals surface area contributed by atoms with Crippen molar-refractivity contribution in [3.05, 3.63) is 30.1 Å². The highest BCUT2D eigenvalue weighted by Gasteiger charge is 2.18. The first kappa shape index (κ1) is 10.8. The maximum Gasteiger partial charge on any atom is 0.129 e. The van der Waals surface area contributed by atoms with Crippen LogP contribution in [0.3, 0.4) is 0 Å². The maximum absolute atomic E-state index is 4.26. The third-order valence-corrected chi connectivity index (χ3v) is 2.46. The zero-order valence-corrected chi connectivity index (χ0v) is 9.51. The first-order valence-electron chi connectivity index (χ1n) is 5.41. The van der Waals surface area contributed by atoms with Crippen LogP contribution >= 0.6 is 0 Å². The van der Waals surface area contributed by atoms with Crippen molar-refractivity contribution in [2.75, 3.05) is 7.05 Å². The molecule has 0 spiro atoms. The molecule has 0 saturated carbocycles. The predicted octanol–water partition coefficient (Wildman–Crippen LogP) is 0.720. The van der Waals surface area contributed by atoms with Crippen LogP contribution in [0.5, 0.6) is 0 Å². The SMILES string of the molecule is CCCn1nncc1C(NC)c1ncc[nH]1. The number of nitrogens with zero attached hydrogens (tertiary/aromatic N) is 4. The molecule has 1 unspecified atom stereocenters. The van der Waals surface area contributed by atoms with E-state index in [-0.39, 0.29) is 6.04 Å². The third-order valence-electron chi connectivity index (χ3n) is 2.46. The zero-order valence-electron chi connectivity index (χ0n) is 9.51. The van der Waals surface area contributed by atoms with E-state index >= 15 is 0 Å². The Labute approximate surface area is 94.1 Å². The minimum atomic E-state index is 0.0107. The second-order valence-corrected chi connectivity index (χ2v) is 3.58. The number of nitrogens with one attached hydrogen (secondary N) is 2. The summed E-state index contributed by atoms with van der Waals surface area (Å²) >= 11 is 0. The molecule has 0 fully saturated rings. The fourth-order valence-corrected chi connectivity index (χ4v) is 1.73. The largest absolute Gasteiger partial charge is 0.347 e. The Morgan fingerprint density at radius 3 is 3.06 bits per heavy atom. The molecule has 2 rings (SSSR count). The molecule has 2 N–H and O–H groups in total. The van der Waals surface area contributed by atoms with Gasteiger partial charge in [0.1, 0.15) is 11.9 Å². The van der Waals surface area contributed by atoms with Gasteiger partial charge in [0.2, 0.25) is 0 Å². The number of aryl methyl sites for hydroxylation is 1. The number of H-pyrrole nitrogens is 1. The molecule has 0 aliphatic heterocycles. The van der Waals surface area contributed by atoms with Crippen molar-refractivity contribution in [1.29, 1.82) is 0 Å². The van der Waals surface area contributed by atoms with E-state index in [1.807, 2.05) is 17.9 Å². The number of hydrogen-bond acceptors (Lipinski definition) is 4. The fraction of sp³-hybridized carbons (Fsp3) is 0.500. The summed E-state index contributed by atoms with van der Waals surface area (Å²) in [5.41, 5.74) is 1.03. The van der Waals surface area contributed by atoms with Crippen molar-refractivity contribution in [3.63, 3.8) is 0 Å². The standard InChI is InChI=1S/C10H16N6/c1-3-6-16-8(7-14-15-16)9(11-2)10-12-4-5-13-10/h4-5,7,9,11H,3,6H2,1-2H3,(H,12,13). The van der Waals surface area contributed by atoms with Crippen molar-refractivity contribution in [2.24, 2.45) is 0 Å². The Bertz CT molecular complexity index is 418. The maximum atomic E-state index is 4.26. The van der Waals surface area contributed by atoms with E-state index in [4.69, 9.17) is 0 Å². The van der Waals surface area contributed by atoms with Gasteiger partial charge in [-0.3, -0.25) is 0 Å². The zero-order chi connectivity index (χ0) is 11.4. The molecule has 86 valence electrons. The Balaban J connectivity index is 2.30. The minimum Gasteiger partial charge on any atom is -0.347 e. The van der Waals surface area contributed by atoms with Gasteiger partial charge >= 0.3 is 0 Å². The molecular formula is C10H16N6. The van der Waals surface area contributed by atoms with Gasteiger partial charge in [-0.05, 0) is 13.5 Å². The Hall–Kier alpha value is -1.69. The fourth-order valence-electron chi connectivity index (χ4n) is 1.73. The molecule has 0 aliphatic rings. The molecule has 0 aromatic carbocycles. The van der Waals surface area contributed by atoms with Crippen LogP contribution in [-0.4, -0.2) is 32.0 Å². The topological polar surface area (TPSA) is 71.4 Å². The first-order valence-corrected chi connectivity index (χ1v) is 5.41. The van der Waals surface area contributed by atoms with Gasteiger partial charge < -0.3 is 10.3 Å². The van der Waals surface area contributed by atoms with Crippen molar-refractivity contribution in [1.82, 2.24) is 30.3 Å². The van der Waals surface area contributed by atoms with Crippen molar-refractivity contribution >= 4 is 0 Å². The van der Waals surface area contributed by atoms with Crippen molar-refractivity contribution < 1.29 is 0 Å². The van der Waals surface area contributed by atoms with Crippen LogP contribution in [0.15, 0.2) is 18.6 Å². The Kier molecular flexibility index (Phi) is 3.31. The molecule has 0 bridgehead atoms. The van der Waals surface area contributed by atoms with Crippen LogP contribution < -0.4 is 5.32 Å². The summed E-state index contributed by atoms with van der Waals surface area (Å²) in [4.78, 5) is 7.36. The van der Waals surface area contributed by atoms with Crippen LogP contribution in [-0.2, 0) is 6.54 Å². The van der Waals surface area contributed by atoms with E-state index in [0.29, 0.717) is 0 Å². The molecule has 1 atom stereocenters. The monoisotopic (exact) mass is 220 g/mol. The number of aromatic amines is 1. The number of hydrogen-bond donors (Lipinski definition) is 2. The highest BCUT2D eigenvalue weighted by atomic mass is 15.4. The van der Waals surface area contributed by atoms with Gasteiger partial charge in [0, 0.05) is 18.9 Å². The lowest BCUT2D eigenvalue weighted by Crippen LogP contribution is -2.22. The number of imidazole rings is 1. The molecule has 6 heteroatoms. The summed E-state index contributed by atoms with van der Waals surface area (Å²) in [6.45, 7) is 2.99. The second-order valence-electron chi connectivity index (χ2n) is 3.58. The molecule has 2 heterocycles. The summed E-state index contributed by atoms with van der Waals surface area (Å²) in [5.74, 6) is 0.877. The lowest BCUT2D eigenvalue weighted by Gasteiger charge is -2.14. The lowest BCUT2D eigenvalue weighted by molar-refractivity contribution is 0.515. The first-order chi connectivity index (χ1) is 7.86. The van der Waals surface area contributed by atoms with E-state index in [9.17, 15) is 0 Å². The van der Waals surface area contributed by atoms with Crippen molar-refractivity contribution in [3.8, 4) is 0 Å². The second kappa shape index (κ2) is 4.89. The Morgan fingerprint density at radius 2 is 2.44 bits per heavy atom. The van der Waals surface area contributed by atoms with E-state index in [1.165, 1.54) is 0 Å². The van der Waals surface area contributed by atoms with Crippen LogP contribution in [0.2, 0.25) is 0 Å². The van der Waals surface area contributed by atoms with Crippen LogP contribution in [0.25, 0.3) is 0 Å². The number of aromatic nitrogens is 5. The molecule has 2 aromatic heterocycles. The average Bonchev–Trinajstić information content (AvgIpc) is 2.92. The smallest absolute Gasteiger partial charge is 0.129 e. The average molecular weight is 220 g/mol. The van der Waals surface area contributed by atoms with E-state index in [0.717, 1.165) is 24.5 Å². The quantitative estimate of drug-likeness (QED) is 0.779. The molecule has 0 amide bonds. The van der Waals surface area contributed by atoms with Crippen LogP contribution in [0, 0.1) is 0 Å². The summed E-state index contributed by atoms with van der Waals surface area (Å²) in [6.07, 6.45) is 6.37. The minimum absolute atomic E-state index is 0.0107. The van der Waals surface area contributed by atoms with Gasteiger partial charge in [-0.15, -0.1) is 5.10 Å². The van der Waals surface area contributed by atoms with Crippen LogP contribution in [0.1, 0.15) is 30.9 Å². The summed E-state index contributed by atoms with van der Waals surface area (Å²) < 4.78 is 1.91. The van der Waals surface area contributed by atoms with E-state index in [1.54, 1.807) is 12.4 Å². The summed E-state index contributed by atoms with van der Waals surface area (Å²) in [7, 11) is 1.90. The molecule has 2 aromatic rings. The van der Waals surface area contributed by atoms with Gasteiger partial charge in [0.05, 0.1) is 11.9 Å². The highest BCUT2D eigenvalue weighted by Crippen LogP contribution is 2.17. The van der Waals surface area contributed by atoms with Crippen LogP contribution in [0.4, 0.5) is 0 Å². The van der Waals surface area contributed by atoms with Gasteiger partial charge in [-0.2, -0.15) is 0 Å². The normalized spacial score (nSPS) is 12.9. The molecular weight excluding hydrogens is 204 g/mol. The lowest BCUT2D eigenvalue weighted by atomic mass is 10.2. The Morgan fingerprint density at radius 1 is 1.56 bits per heavy atom. The number of rotatable bonds is 5. The highest BCUT2D eigenvalue weighted by molar-refractivity contribution is 5.13. The van der Waals surface area contributed by atoms with E-state index < -0.39 is 0 Å². The summed E-state index contributed by atoms with van der Waals surface area (Å²) in [5, 5.41) is 11.2. The summed E-state index contributed by atoms with van der Waals surface area (Å²) in [6, 6.07) is 0.0107. The molecule has 6 nitrogen and oxygen atoms in total. The van der Waals surface area contributed by atoms with Crippen molar-refractivity contribution in [2.45, 2.75) is 25.9 Å². The predicted molar refractivity (Wildman–Crippen MR) is 59.8 cm³/mol. The molecule has 0 radical (unpaired) electrons. The van der Waals surface area contributed by atoms with Gasteiger partial charge in [-0.1, -0.05) is 12.1 Å². The van der Waals surface area contributed by atoms with Gasteiger partial charge in [0.25, 0.3) is 0 Å². The third kappa shape index (κ3) is 1.96.